The van der Waals surface area contributed by atoms with Gasteiger partial charge in [-0.2, -0.15) is 18.4 Å². The molecule has 0 aliphatic carbocycles. The second kappa shape index (κ2) is 5.55. The van der Waals surface area contributed by atoms with Crippen molar-refractivity contribution < 1.29 is 28.4 Å². The van der Waals surface area contributed by atoms with Crippen LogP contribution in [0.25, 0.3) is 0 Å². The first-order valence-corrected chi connectivity index (χ1v) is 5.38. The van der Waals surface area contributed by atoms with E-state index in [9.17, 15) is 23.2 Å². The number of alkyl halides is 3. The number of carbonyl (C=O) groups excluding carboxylic acids is 1. The highest BCUT2D eigenvalue weighted by Crippen LogP contribution is 2.35. The number of amides is 1. The van der Waals surface area contributed by atoms with E-state index in [4.69, 9.17) is 5.21 Å². The summed E-state index contributed by atoms with van der Waals surface area (Å²) in [5.41, 5.74) is -2.23. The Labute approximate surface area is 107 Å². The quantitative estimate of drug-likeness (QED) is 0.736. The van der Waals surface area contributed by atoms with Crippen molar-refractivity contribution in [1.82, 2.24) is 0 Å². The summed E-state index contributed by atoms with van der Waals surface area (Å²) in [6, 6.07) is 2.56. The molecule has 1 amide bonds. The van der Waals surface area contributed by atoms with Gasteiger partial charge < -0.3 is 10.5 Å². The second-order valence-electron chi connectivity index (χ2n) is 4.21. The number of rotatable bonds is 3. The first kappa shape index (κ1) is 15.4. The van der Waals surface area contributed by atoms with Gasteiger partial charge in [0.05, 0.1) is 0 Å². The molecule has 0 aromatic heterocycles. The van der Waals surface area contributed by atoms with Gasteiger partial charge in [-0.25, -0.2) is 5.21 Å². The molecule has 8 heteroatoms. The van der Waals surface area contributed by atoms with Crippen molar-refractivity contribution in [3.63, 3.8) is 0 Å². The number of halogens is 3. The van der Waals surface area contributed by atoms with Gasteiger partial charge in [0.1, 0.15) is 5.56 Å². The van der Waals surface area contributed by atoms with Crippen molar-refractivity contribution in [3.8, 4) is 0 Å². The van der Waals surface area contributed by atoms with E-state index in [0.717, 1.165) is 12.1 Å². The molecule has 0 radical (unpaired) electrons. The lowest BCUT2D eigenvalue weighted by Gasteiger charge is -2.18. The minimum absolute atomic E-state index is 0.0870. The Morgan fingerprint density at radius 3 is 2.42 bits per heavy atom. The third kappa shape index (κ3) is 3.91. The molecule has 19 heavy (non-hydrogen) atoms. The van der Waals surface area contributed by atoms with Crippen LogP contribution in [-0.4, -0.2) is 11.1 Å². The van der Waals surface area contributed by atoms with Gasteiger partial charge in [-0.3, -0.25) is 4.79 Å². The topological polar surface area (TPSA) is 76.8 Å². The van der Waals surface area contributed by atoms with E-state index in [2.05, 4.69) is 5.32 Å². The monoisotopic (exact) mass is 278 g/mol. The summed E-state index contributed by atoms with van der Waals surface area (Å²) in [5, 5.41) is 20.0. The summed E-state index contributed by atoms with van der Waals surface area (Å²) >= 11 is 0. The molecule has 5 nitrogen and oxygen atoms in total. The van der Waals surface area contributed by atoms with E-state index >= 15 is 0 Å². The average molecular weight is 278 g/mol. The van der Waals surface area contributed by atoms with Crippen molar-refractivity contribution in [2.24, 2.45) is 5.92 Å². The van der Waals surface area contributed by atoms with Crippen LogP contribution in [0.1, 0.15) is 19.4 Å². The number of quaternary nitrogens is 1. The van der Waals surface area contributed by atoms with Gasteiger partial charge in [-0.05, 0) is 12.1 Å². The Bertz CT molecular complexity index is 473. The lowest BCUT2D eigenvalue weighted by Crippen LogP contribution is -2.99. The minimum atomic E-state index is -4.80. The summed E-state index contributed by atoms with van der Waals surface area (Å²) in [5.74, 6) is -0.843. The normalized spacial score (nSPS) is 13.5. The summed E-state index contributed by atoms with van der Waals surface area (Å²) < 4.78 is 38.1. The fraction of sp³-hybridized carbons (Fsp3) is 0.364. The molecule has 0 heterocycles. The van der Waals surface area contributed by atoms with Gasteiger partial charge in [-0.1, -0.05) is 13.8 Å². The molecule has 1 aromatic carbocycles. The Hall–Kier alpha value is -1.64. The summed E-state index contributed by atoms with van der Waals surface area (Å²) in [6.07, 6.45) is -4.80. The molecule has 3 N–H and O–H groups in total. The van der Waals surface area contributed by atoms with Crippen LogP contribution in [0, 0.1) is 11.1 Å². The van der Waals surface area contributed by atoms with E-state index < -0.39 is 34.5 Å². The maximum absolute atomic E-state index is 12.7. The number of benzene rings is 1. The summed E-state index contributed by atoms with van der Waals surface area (Å²) in [4.78, 5) is 11.4. The molecule has 1 atom stereocenters. The maximum atomic E-state index is 12.7. The number of hydrogen-bond donors (Lipinski definition) is 3. The number of anilines is 1. The van der Waals surface area contributed by atoms with Crippen molar-refractivity contribution in [3.05, 3.63) is 29.0 Å². The lowest BCUT2D eigenvalue weighted by atomic mass is 10.1. The number of nitrogens with one attached hydrogen (secondary N) is 2. The van der Waals surface area contributed by atoms with E-state index in [1.165, 1.54) is 0 Å². The standard InChI is InChI=1S/C11H13F3N2O3/c1-6(2)10(17)15-7-3-4-9(16(18)19)8(5-7)11(12,13)14/h3-6,16,18H,1-2H3,(H,15,17). The van der Waals surface area contributed by atoms with E-state index in [0.29, 0.717) is 6.07 Å². The fourth-order valence-electron chi connectivity index (χ4n) is 1.33. The highest BCUT2D eigenvalue weighted by atomic mass is 19.4. The molecule has 0 fully saturated rings. The molecular formula is C11H13F3N2O3. The minimum Gasteiger partial charge on any atom is -0.595 e. The molecule has 0 saturated carbocycles. The van der Waals surface area contributed by atoms with Crippen molar-refractivity contribution in [1.29, 1.82) is 0 Å². The molecule has 0 bridgehead atoms. The van der Waals surface area contributed by atoms with Gasteiger partial charge >= 0.3 is 6.18 Å². The van der Waals surface area contributed by atoms with Crippen LogP contribution in [0.15, 0.2) is 18.2 Å². The zero-order valence-corrected chi connectivity index (χ0v) is 10.2. The van der Waals surface area contributed by atoms with Crippen LogP contribution in [0.4, 0.5) is 24.5 Å². The molecule has 0 aliphatic rings. The van der Waals surface area contributed by atoms with Crippen LogP contribution < -0.4 is 10.5 Å². The Morgan fingerprint density at radius 1 is 1.42 bits per heavy atom. The molecule has 1 aromatic rings. The van der Waals surface area contributed by atoms with Crippen molar-refractivity contribution in [2.45, 2.75) is 20.0 Å². The zero-order valence-electron chi connectivity index (χ0n) is 10.2. The first-order valence-electron chi connectivity index (χ1n) is 5.38. The smallest absolute Gasteiger partial charge is 0.422 e. The summed E-state index contributed by atoms with van der Waals surface area (Å²) in [6.45, 7) is 3.18. The van der Waals surface area contributed by atoms with Crippen LogP contribution in [-0.2, 0) is 11.0 Å². The Morgan fingerprint density at radius 2 is 2.00 bits per heavy atom. The fourth-order valence-corrected chi connectivity index (χ4v) is 1.33. The van der Waals surface area contributed by atoms with E-state index in [1.807, 2.05) is 0 Å². The third-order valence-electron chi connectivity index (χ3n) is 2.35. The highest BCUT2D eigenvalue weighted by Gasteiger charge is 2.36. The first-order chi connectivity index (χ1) is 8.62. The molecule has 106 valence electrons. The predicted octanol–water partition coefficient (Wildman–Crippen LogP) is 1.70. The lowest BCUT2D eigenvalue weighted by molar-refractivity contribution is -0.991. The molecule has 0 saturated heterocycles. The SMILES string of the molecule is CC(C)C(=O)Nc1ccc([NH+]([O-])O)c(C(F)(F)F)c1. The van der Waals surface area contributed by atoms with Crippen molar-refractivity contribution >= 4 is 17.3 Å². The van der Waals surface area contributed by atoms with Gasteiger partial charge in [-0.15, -0.1) is 0 Å². The van der Waals surface area contributed by atoms with Crippen LogP contribution in [0.3, 0.4) is 0 Å². The van der Waals surface area contributed by atoms with Crippen LogP contribution in [0.5, 0.6) is 0 Å². The van der Waals surface area contributed by atoms with Gasteiger partial charge in [0.15, 0.2) is 5.69 Å². The number of carbonyl (C=O) groups is 1. The molecule has 0 aliphatic heterocycles. The van der Waals surface area contributed by atoms with Gasteiger partial charge in [0.25, 0.3) is 0 Å². The molecule has 1 rings (SSSR count). The van der Waals surface area contributed by atoms with Crippen molar-refractivity contribution in [2.75, 3.05) is 5.32 Å². The van der Waals surface area contributed by atoms with Gasteiger partial charge in [0, 0.05) is 17.7 Å². The summed E-state index contributed by atoms with van der Waals surface area (Å²) in [7, 11) is 0. The van der Waals surface area contributed by atoms with Crippen LogP contribution >= 0.6 is 0 Å². The molecule has 1 unspecified atom stereocenters. The predicted molar refractivity (Wildman–Crippen MR) is 60.7 cm³/mol. The van der Waals surface area contributed by atoms with E-state index in [-0.39, 0.29) is 5.69 Å². The number of hydrogen-bond acceptors (Lipinski definition) is 3. The largest absolute Gasteiger partial charge is 0.595 e. The highest BCUT2D eigenvalue weighted by molar-refractivity contribution is 5.92. The second-order valence-corrected chi connectivity index (χ2v) is 4.21. The Balaban J connectivity index is 3.16. The molecular weight excluding hydrogens is 265 g/mol. The third-order valence-corrected chi connectivity index (χ3v) is 2.35. The van der Waals surface area contributed by atoms with Crippen LogP contribution in [0.2, 0.25) is 0 Å². The maximum Gasteiger partial charge on any atom is 0.422 e. The van der Waals surface area contributed by atoms with E-state index in [1.54, 1.807) is 13.8 Å². The molecule has 0 spiro atoms. The average Bonchev–Trinajstić information content (AvgIpc) is 2.27. The van der Waals surface area contributed by atoms with Gasteiger partial charge in [0.2, 0.25) is 5.91 Å². The Kier molecular flexibility index (Phi) is 4.51. The zero-order chi connectivity index (χ0) is 14.8.